The molecule has 0 aliphatic heterocycles. The zero-order valence-corrected chi connectivity index (χ0v) is 9.82. The van der Waals surface area contributed by atoms with Crippen LogP contribution in [0.25, 0.3) is 0 Å². The topological polar surface area (TPSA) is 63.2 Å². The van der Waals surface area contributed by atoms with E-state index in [4.69, 9.17) is 11.6 Å². The summed E-state index contributed by atoms with van der Waals surface area (Å²) in [5.74, 6) is -0.633. The second kappa shape index (κ2) is 4.20. The number of hydrogen-bond donors (Lipinski definition) is 1. The molecule has 6 heteroatoms. The molecule has 82 valence electrons. The number of halogens is 1. The SMILES string of the molecule is CC(=O)NS(=O)(=O)c1ccc(C)c(Cl)c1. The summed E-state index contributed by atoms with van der Waals surface area (Å²) in [7, 11) is -3.78. The zero-order valence-electron chi connectivity index (χ0n) is 8.24. The summed E-state index contributed by atoms with van der Waals surface area (Å²) in [4.78, 5) is 10.6. The van der Waals surface area contributed by atoms with E-state index in [-0.39, 0.29) is 4.90 Å². The molecule has 0 spiro atoms. The van der Waals surface area contributed by atoms with Crippen LogP contribution in [0.5, 0.6) is 0 Å². The molecular formula is C9H10ClNO3S. The molecule has 0 aliphatic carbocycles. The standard InChI is InChI=1S/C9H10ClNO3S/c1-6-3-4-8(5-9(6)10)15(13,14)11-7(2)12/h3-5H,1-2H3,(H,11,12). The van der Waals surface area contributed by atoms with Gasteiger partial charge in [-0.1, -0.05) is 17.7 Å². The quantitative estimate of drug-likeness (QED) is 0.861. The van der Waals surface area contributed by atoms with Gasteiger partial charge in [0.2, 0.25) is 5.91 Å². The average molecular weight is 248 g/mol. The van der Waals surface area contributed by atoms with Crippen LogP contribution in [0.3, 0.4) is 0 Å². The van der Waals surface area contributed by atoms with Crippen LogP contribution in [0.1, 0.15) is 12.5 Å². The van der Waals surface area contributed by atoms with Gasteiger partial charge in [0.05, 0.1) is 4.90 Å². The van der Waals surface area contributed by atoms with Crippen LogP contribution >= 0.6 is 11.6 Å². The van der Waals surface area contributed by atoms with E-state index in [0.29, 0.717) is 5.02 Å². The molecule has 0 atom stereocenters. The Morgan fingerprint density at radius 2 is 2.00 bits per heavy atom. The van der Waals surface area contributed by atoms with E-state index in [1.54, 1.807) is 13.0 Å². The van der Waals surface area contributed by atoms with Crippen molar-refractivity contribution in [2.75, 3.05) is 0 Å². The highest BCUT2D eigenvalue weighted by Gasteiger charge is 2.15. The summed E-state index contributed by atoms with van der Waals surface area (Å²) in [6, 6.07) is 4.28. The molecule has 0 heterocycles. The molecule has 0 saturated heterocycles. The van der Waals surface area contributed by atoms with Crippen LogP contribution in [0.2, 0.25) is 5.02 Å². The Kier molecular flexibility index (Phi) is 3.36. The zero-order chi connectivity index (χ0) is 11.6. The Morgan fingerprint density at radius 1 is 1.40 bits per heavy atom. The number of benzene rings is 1. The summed E-state index contributed by atoms with van der Waals surface area (Å²) in [6.45, 7) is 2.89. The van der Waals surface area contributed by atoms with Crippen molar-refractivity contribution in [2.45, 2.75) is 18.7 Å². The van der Waals surface area contributed by atoms with E-state index >= 15 is 0 Å². The molecule has 15 heavy (non-hydrogen) atoms. The molecule has 0 unspecified atom stereocenters. The van der Waals surface area contributed by atoms with Gasteiger partial charge in [-0.2, -0.15) is 0 Å². The summed E-state index contributed by atoms with van der Waals surface area (Å²) in [6.07, 6.45) is 0. The first-order valence-corrected chi connectivity index (χ1v) is 5.98. The molecule has 0 aromatic heterocycles. The van der Waals surface area contributed by atoms with Crippen molar-refractivity contribution in [3.8, 4) is 0 Å². The number of sulfonamides is 1. The lowest BCUT2D eigenvalue weighted by Gasteiger charge is -2.05. The number of carbonyl (C=O) groups is 1. The van der Waals surface area contributed by atoms with Crippen LogP contribution in [0.4, 0.5) is 0 Å². The minimum atomic E-state index is -3.78. The fourth-order valence-corrected chi connectivity index (χ4v) is 2.25. The predicted octanol–water partition coefficient (Wildman–Crippen LogP) is 1.47. The van der Waals surface area contributed by atoms with Crippen molar-refractivity contribution >= 4 is 27.5 Å². The minimum Gasteiger partial charge on any atom is -0.274 e. The Hall–Kier alpha value is -1.07. The highest BCUT2D eigenvalue weighted by molar-refractivity contribution is 7.90. The van der Waals surface area contributed by atoms with Crippen molar-refractivity contribution in [1.82, 2.24) is 4.72 Å². The third kappa shape index (κ3) is 2.94. The van der Waals surface area contributed by atoms with Crippen LogP contribution in [0.15, 0.2) is 23.1 Å². The van der Waals surface area contributed by atoms with E-state index in [1.165, 1.54) is 12.1 Å². The van der Waals surface area contributed by atoms with Gasteiger partial charge in [-0.15, -0.1) is 0 Å². The van der Waals surface area contributed by atoms with Crippen LogP contribution in [0, 0.1) is 6.92 Å². The summed E-state index contributed by atoms with van der Waals surface area (Å²) < 4.78 is 24.9. The van der Waals surface area contributed by atoms with Crippen molar-refractivity contribution in [2.24, 2.45) is 0 Å². The number of nitrogens with one attached hydrogen (secondary N) is 1. The minimum absolute atomic E-state index is 0.0201. The maximum absolute atomic E-state index is 11.5. The largest absolute Gasteiger partial charge is 0.274 e. The Balaban J connectivity index is 3.17. The Labute approximate surface area is 93.3 Å². The van der Waals surface area contributed by atoms with E-state index in [1.807, 2.05) is 4.72 Å². The lowest BCUT2D eigenvalue weighted by Crippen LogP contribution is -2.28. The van der Waals surface area contributed by atoms with Gasteiger partial charge in [-0.3, -0.25) is 4.79 Å². The summed E-state index contributed by atoms with van der Waals surface area (Å²) in [5.41, 5.74) is 0.776. The second-order valence-electron chi connectivity index (χ2n) is 3.07. The van der Waals surface area contributed by atoms with Gasteiger partial charge in [0.1, 0.15) is 0 Å². The van der Waals surface area contributed by atoms with E-state index in [2.05, 4.69) is 0 Å². The van der Waals surface area contributed by atoms with Gasteiger partial charge in [-0.05, 0) is 24.6 Å². The lowest BCUT2D eigenvalue weighted by atomic mass is 10.2. The van der Waals surface area contributed by atoms with Crippen LogP contribution < -0.4 is 4.72 Å². The molecule has 1 amide bonds. The first kappa shape index (κ1) is 12.0. The van der Waals surface area contributed by atoms with Crippen molar-refractivity contribution in [1.29, 1.82) is 0 Å². The third-order valence-corrected chi connectivity index (χ3v) is 3.57. The highest BCUT2D eigenvalue weighted by atomic mass is 35.5. The number of amides is 1. The maximum atomic E-state index is 11.5. The first-order chi connectivity index (χ1) is 6.83. The number of rotatable bonds is 2. The molecule has 1 aromatic rings. The molecule has 0 aliphatic rings. The fourth-order valence-electron chi connectivity index (χ4n) is 0.989. The van der Waals surface area contributed by atoms with Gasteiger partial charge < -0.3 is 0 Å². The van der Waals surface area contributed by atoms with E-state index < -0.39 is 15.9 Å². The average Bonchev–Trinajstić information content (AvgIpc) is 2.07. The lowest BCUT2D eigenvalue weighted by molar-refractivity contribution is -0.117. The molecule has 1 rings (SSSR count). The van der Waals surface area contributed by atoms with Gasteiger partial charge in [0.15, 0.2) is 0 Å². The van der Waals surface area contributed by atoms with Crippen molar-refractivity contribution < 1.29 is 13.2 Å². The van der Waals surface area contributed by atoms with Gasteiger partial charge in [0.25, 0.3) is 10.0 Å². The highest BCUT2D eigenvalue weighted by Crippen LogP contribution is 2.19. The fraction of sp³-hybridized carbons (Fsp3) is 0.222. The second-order valence-corrected chi connectivity index (χ2v) is 5.16. The molecule has 0 saturated carbocycles. The Bertz CT molecular complexity index is 496. The van der Waals surface area contributed by atoms with Crippen LogP contribution in [-0.4, -0.2) is 14.3 Å². The van der Waals surface area contributed by atoms with Crippen molar-refractivity contribution in [3.63, 3.8) is 0 Å². The third-order valence-electron chi connectivity index (χ3n) is 1.73. The molecular weight excluding hydrogens is 238 g/mol. The number of carbonyl (C=O) groups excluding carboxylic acids is 1. The van der Waals surface area contributed by atoms with Gasteiger partial charge >= 0.3 is 0 Å². The maximum Gasteiger partial charge on any atom is 0.264 e. The number of aryl methyl sites for hydroxylation is 1. The molecule has 0 fully saturated rings. The monoisotopic (exact) mass is 247 g/mol. The normalized spacial score (nSPS) is 11.1. The molecule has 4 nitrogen and oxygen atoms in total. The van der Waals surface area contributed by atoms with Crippen LogP contribution in [-0.2, 0) is 14.8 Å². The van der Waals surface area contributed by atoms with Gasteiger partial charge in [0, 0.05) is 11.9 Å². The Morgan fingerprint density at radius 3 is 2.47 bits per heavy atom. The smallest absolute Gasteiger partial charge is 0.264 e. The molecule has 0 radical (unpaired) electrons. The first-order valence-electron chi connectivity index (χ1n) is 4.12. The molecule has 1 aromatic carbocycles. The predicted molar refractivity (Wildman–Crippen MR) is 57.2 cm³/mol. The van der Waals surface area contributed by atoms with Gasteiger partial charge in [-0.25, -0.2) is 13.1 Å². The summed E-state index contributed by atoms with van der Waals surface area (Å²) in [5, 5.41) is 0.349. The van der Waals surface area contributed by atoms with E-state index in [0.717, 1.165) is 12.5 Å². The molecule has 0 bridgehead atoms. The summed E-state index contributed by atoms with van der Waals surface area (Å²) >= 11 is 5.78. The number of hydrogen-bond acceptors (Lipinski definition) is 3. The molecule has 1 N–H and O–H groups in total. The van der Waals surface area contributed by atoms with E-state index in [9.17, 15) is 13.2 Å². The van der Waals surface area contributed by atoms with Crippen molar-refractivity contribution in [3.05, 3.63) is 28.8 Å².